The van der Waals surface area contributed by atoms with Crippen LogP contribution in [0.2, 0.25) is 0 Å². The van der Waals surface area contributed by atoms with E-state index >= 15 is 0 Å². The summed E-state index contributed by atoms with van der Waals surface area (Å²) in [4.78, 5) is 14.2. The van der Waals surface area contributed by atoms with Crippen LogP contribution in [0.25, 0.3) is 11.1 Å². The maximum atomic E-state index is 12.1. The van der Waals surface area contributed by atoms with Gasteiger partial charge in [-0.1, -0.05) is 86.8 Å². The molecule has 1 aliphatic heterocycles. The Morgan fingerprint density at radius 3 is 1.86 bits per heavy atom. The molecule has 35 heavy (non-hydrogen) atoms. The Labute approximate surface area is 210 Å². The van der Waals surface area contributed by atoms with Crippen molar-refractivity contribution in [3.05, 3.63) is 71.9 Å². The summed E-state index contributed by atoms with van der Waals surface area (Å²) in [5, 5.41) is 21.0. The molecule has 2 aromatic rings. The van der Waals surface area contributed by atoms with Crippen molar-refractivity contribution in [1.29, 1.82) is 0 Å². The minimum absolute atomic E-state index is 0.0305. The summed E-state index contributed by atoms with van der Waals surface area (Å²) in [6, 6.07) is 20.8. The van der Waals surface area contributed by atoms with Crippen molar-refractivity contribution in [1.82, 2.24) is 4.90 Å². The van der Waals surface area contributed by atoms with Crippen LogP contribution in [-0.2, 0) is 9.53 Å². The number of carboxylic acids is 1. The van der Waals surface area contributed by atoms with Gasteiger partial charge < -0.3 is 19.8 Å². The molecule has 0 amide bonds. The first kappa shape index (κ1) is 27.0. The summed E-state index contributed by atoms with van der Waals surface area (Å²) in [5.41, 5.74) is 3.47. The molecule has 190 valence electrons. The molecule has 2 aliphatic rings. The smallest absolute Gasteiger partial charge is 0.333 e. The molecule has 2 N–H and O–H groups in total. The van der Waals surface area contributed by atoms with Gasteiger partial charge in [-0.25, -0.2) is 4.79 Å². The number of rotatable bonds is 8. The van der Waals surface area contributed by atoms with E-state index < -0.39 is 11.8 Å². The Kier molecular flexibility index (Phi) is 10.4. The van der Waals surface area contributed by atoms with Crippen molar-refractivity contribution in [3.8, 4) is 11.1 Å². The molecule has 0 radical (unpaired) electrons. The van der Waals surface area contributed by atoms with Gasteiger partial charge in [0, 0.05) is 26.6 Å². The number of nitrogens with zero attached hydrogens (tertiary/aromatic N) is 1. The number of carbonyl (C=O) groups is 1. The normalized spacial score (nSPS) is 18.8. The number of ether oxygens (including phenoxy) is 1. The highest BCUT2D eigenvalue weighted by atomic mass is 16.6. The Bertz CT molecular complexity index is 894. The van der Waals surface area contributed by atoms with Gasteiger partial charge in [0.25, 0.3) is 0 Å². The van der Waals surface area contributed by atoms with Crippen molar-refractivity contribution in [2.75, 3.05) is 20.2 Å². The van der Waals surface area contributed by atoms with Crippen LogP contribution in [0.15, 0.2) is 71.9 Å². The fourth-order valence-electron chi connectivity index (χ4n) is 5.35. The lowest BCUT2D eigenvalue weighted by atomic mass is 9.89. The highest BCUT2D eigenvalue weighted by molar-refractivity contribution is 5.88. The third-order valence-corrected chi connectivity index (χ3v) is 7.10. The molecule has 1 heterocycles. The Hall–Kier alpha value is -2.63. The van der Waals surface area contributed by atoms with Gasteiger partial charge in [0.15, 0.2) is 0 Å². The van der Waals surface area contributed by atoms with Gasteiger partial charge in [-0.3, -0.25) is 0 Å². The summed E-state index contributed by atoms with van der Waals surface area (Å²) in [7, 11) is 1.48. The van der Waals surface area contributed by atoms with Crippen LogP contribution >= 0.6 is 0 Å². The Morgan fingerprint density at radius 2 is 1.43 bits per heavy atom. The van der Waals surface area contributed by atoms with E-state index in [1.54, 1.807) is 0 Å². The van der Waals surface area contributed by atoms with E-state index in [1.165, 1.54) is 18.2 Å². The third kappa shape index (κ3) is 7.18. The molecule has 4 rings (SSSR count). The zero-order chi connectivity index (χ0) is 25.1. The Balaban J connectivity index is 0.000000237. The van der Waals surface area contributed by atoms with Crippen molar-refractivity contribution < 1.29 is 19.7 Å². The molecule has 1 atom stereocenters. The highest BCUT2D eigenvalue weighted by Crippen LogP contribution is 2.39. The van der Waals surface area contributed by atoms with Crippen LogP contribution in [0, 0.1) is 5.92 Å². The van der Waals surface area contributed by atoms with E-state index in [1.807, 2.05) is 19.1 Å². The number of likely N-dealkylation sites (tertiary alicyclic amines) is 1. The molecular weight excluding hydrogens is 438 g/mol. The monoisotopic (exact) mass is 479 g/mol. The fraction of sp³-hybridized carbons (Fsp3) is 0.500. The SMILES string of the molecule is CCCC(O)(OC)C(=C(C(=O)O)C1CCCC1)N1CCCCC1.c1ccc(-c2ccccc2)cc1. The number of methoxy groups -OCH3 is 1. The summed E-state index contributed by atoms with van der Waals surface area (Å²) in [5.74, 6) is -2.37. The van der Waals surface area contributed by atoms with Crippen LogP contribution in [-0.4, -0.2) is 47.1 Å². The minimum Gasteiger partial charge on any atom is -0.478 e. The maximum absolute atomic E-state index is 12.1. The zero-order valence-electron chi connectivity index (χ0n) is 21.3. The lowest BCUT2D eigenvalue weighted by molar-refractivity contribution is -0.176. The third-order valence-electron chi connectivity index (χ3n) is 7.10. The largest absolute Gasteiger partial charge is 0.478 e. The predicted molar refractivity (Wildman–Crippen MR) is 141 cm³/mol. The molecule has 1 aliphatic carbocycles. The van der Waals surface area contributed by atoms with Crippen molar-refractivity contribution in [2.45, 2.75) is 70.5 Å². The second kappa shape index (κ2) is 13.5. The number of aliphatic carboxylic acids is 1. The van der Waals surface area contributed by atoms with E-state index in [-0.39, 0.29) is 5.92 Å². The molecule has 1 saturated heterocycles. The van der Waals surface area contributed by atoms with Gasteiger partial charge in [0.2, 0.25) is 5.79 Å². The van der Waals surface area contributed by atoms with Crippen LogP contribution in [0.5, 0.6) is 0 Å². The molecule has 5 heteroatoms. The molecular formula is C30H41NO4. The number of carboxylic acid groups (broad SMARTS) is 1. The lowest BCUT2D eigenvalue weighted by Gasteiger charge is -2.41. The zero-order valence-corrected chi connectivity index (χ0v) is 21.3. The van der Waals surface area contributed by atoms with Gasteiger partial charge >= 0.3 is 5.97 Å². The number of piperidine rings is 1. The minimum atomic E-state index is -1.50. The van der Waals surface area contributed by atoms with Crippen LogP contribution in [0.3, 0.4) is 0 Å². The lowest BCUT2D eigenvalue weighted by Crippen LogP contribution is -2.46. The quantitative estimate of drug-likeness (QED) is 0.334. The second-order valence-electron chi connectivity index (χ2n) is 9.57. The van der Waals surface area contributed by atoms with Crippen molar-refractivity contribution >= 4 is 5.97 Å². The highest BCUT2D eigenvalue weighted by Gasteiger charge is 2.41. The predicted octanol–water partition coefficient (Wildman–Crippen LogP) is 6.49. The molecule has 1 unspecified atom stereocenters. The first-order valence-electron chi connectivity index (χ1n) is 13.1. The van der Waals surface area contributed by atoms with E-state index in [9.17, 15) is 15.0 Å². The van der Waals surface area contributed by atoms with Gasteiger partial charge in [-0.05, 0) is 49.1 Å². The number of hydrogen-bond donors (Lipinski definition) is 2. The van der Waals surface area contributed by atoms with Gasteiger partial charge in [0.1, 0.15) is 0 Å². The first-order chi connectivity index (χ1) is 17.0. The molecule has 2 fully saturated rings. The average molecular weight is 480 g/mol. The topological polar surface area (TPSA) is 70.0 Å². The number of benzene rings is 2. The second-order valence-corrected chi connectivity index (χ2v) is 9.57. The van der Waals surface area contributed by atoms with Gasteiger partial charge in [-0.15, -0.1) is 0 Å². The van der Waals surface area contributed by atoms with Gasteiger partial charge in [-0.2, -0.15) is 0 Å². The molecule has 2 aromatic carbocycles. The summed E-state index contributed by atoms with van der Waals surface area (Å²) in [6.07, 6.45) is 8.30. The fourth-order valence-corrected chi connectivity index (χ4v) is 5.35. The van der Waals surface area contributed by atoms with Crippen LogP contribution in [0.4, 0.5) is 0 Å². The van der Waals surface area contributed by atoms with E-state index in [0.717, 1.165) is 64.5 Å². The summed E-state index contributed by atoms with van der Waals surface area (Å²) >= 11 is 0. The molecule has 1 saturated carbocycles. The van der Waals surface area contributed by atoms with E-state index in [2.05, 4.69) is 53.4 Å². The van der Waals surface area contributed by atoms with Crippen molar-refractivity contribution in [2.24, 2.45) is 5.92 Å². The van der Waals surface area contributed by atoms with Crippen LogP contribution in [0.1, 0.15) is 64.7 Å². The molecule has 0 bridgehead atoms. The molecule has 0 spiro atoms. The van der Waals surface area contributed by atoms with E-state index in [0.29, 0.717) is 17.7 Å². The average Bonchev–Trinajstić information content (AvgIpc) is 3.43. The molecule has 5 nitrogen and oxygen atoms in total. The van der Waals surface area contributed by atoms with E-state index in [4.69, 9.17) is 4.74 Å². The number of hydrogen-bond acceptors (Lipinski definition) is 4. The first-order valence-corrected chi connectivity index (χ1v) is 13.1. The van der Waals surface area contributed by atoms with Crippen molar-refractivity contribution in [3.63, 3.8) is 0 Å². The number of aliphatic hydroxyl groups is 1. The van der Waals surface area contributed by atoms with Gasteiger partial charge in [0.05, 0.1) is 11.3 Å². The maximum Gasteiger partial charge on any atom is 0.333 e. The standard InChI is InChI=1S/C18H31NO4.C12H10/c1-3-11-18(22,23-2)16(19-12-7-4-8-13-19)15(17(20)21)14-9-5-6-10-14;1-3-7-11(8-4-1)12-9-5-2-6-10-12/h14,22H,3-13H2,1-2H3,(H,20,21);1-10H. The van der Waals surface area contributed by atoms with Crippen LogP contribution < -0.4 is 0 Å². The Morgan fingerprint density at radius 1 is 0.914 bits per heavy atom. The summed E-state index contributed by atoms with van der Waals surface area (Å²) in [6.45, 7) is 3.58. The summed E-state index contributed by atoms with van der Waals surface area (Å²) < 4.78 is 5.48. The molecule has 0 aromatic heterocycles.